The van der Waals surface area contributed by atoms with E-state index in [4.69, 9.17) is 5.11 Å². The van der Waals surface area contributed by atoms with Crippen molar-refractivity contribution in [1.82, 2.24) is 0 Å². The van der Waals surface area contributed by atoms with Crippen molar-refractivity contribution in [2.75, 3.05) is 0 Å². The van der Waals surface area contributed by atoms with Crippen molar-refractivity contribution in [2.24, 2.45) is 5.92 Å². The van der Waals surface area contributed by atoms with E-state index < -0.39 is 22.0 Å². The van der Waals surface area contributed by atoms with Crippen molar-refractivity contribution in [2.45, 2.75) is 24.9 Å². The molecule has 2 unspecified atom stereocenters. The van der Waals surface area contributed by atoms with Gasteiger partial charge in [-0.05, 0) is 17.5 Å². The molecule has 0 aromatic heterocycles. The van der Waals surface area contributed by atoms with Crippen LogP contribution in [0.25, 0.3) is 0 Å². The summed E-state index contributed by atoms with van der Waals surface area (Å²) in [5, 5.41) is 8.24. The van der Waals surface area contributed by atoms with Crippen LogP contribution >= 0.6 is 15.9 Å². The minimum absolute atomic E-state index is 0.143. The molecular weight excluding hydrogens is 304 g/mol. The molecule has 0 saturated carbocycles. The highest BCUT2D eigenvalue weighted by molar-refractivity contribution is 9.10. The Bertz CT molecular complexity index is 432. The number of carboxylic acids is 1. The summed E-state index contributed by atoms with van der Waals surface area (Å²) in [4.78, 5) is 11.1. The molecule has 1 N–H and O–H groups in total. The zero-order chi connectivity index (χ0) is 13.0. The predicted octanol–water partition coefficient (Wildman–Crippen LogP) is 2.81. The van der Waals surface area contributed by atoms with Gasteiger partial charge in [-0.15, -0.1) is 0 Å². The van der Waals surface area contributed by atoms with Crippen LogP contribution in [0.15, 0.2) is 28.7 Å². The summed E-state index contributed by atoms with van der Waals surface area (Å²) in [5.74, 6) is -0.877. The average Bonchev–Trinajstić information content (AvgIpc) is 2.20. The molecule has 0 radical (unpaired) electrons. The standard InChI is InChI=1S/C12H15BrO3S/c1-8(2)11(12(14)15)17(16)7-9-5-3-4-6-10(9)13/h3-6,8,11H,7H2,1-2H3,(H,14,15). The van der Waals surface area contributed by atoms with Gasteiger partial charge in [-0.1, -0.05) is 48.0 Å². The van der Waals surface area contributed by atoms with Crippen molar-refractivity contribution < 1.29 is 14.1 Å². The Kier molecular flexibility index (Phi) is 5.33. The van der Waals surface area contributed by atoms with Crippen molar-refractivity contribution in [3.05, 3.63) is 34.3 Å². The maximum absolute atomic E-state index is 12.1. The number of benzene rings is 1. The van der Waals surface area contributed by atoms with E-state index in [2.05, 4.69) is 15.9 Å². The first-order chi connectivity index (χ1) is 7.93. The summed E-state index contributed by atoms with van der Waals surface area (Å²) in [6, 6.07) is 7.43. The van der Waals surface area contributed by atoms with E-state index in [1.807, 2.05) is 24.3 Å². The van der Waals surface area contributed by atoms with E-state index in [1.165, 1.54) is 0 Å². The molecule has 2 atom stereocenters. The Hall–Kier alpha value is -0.680. The number of carboxylic acid groups (broad SMARTS) is 1. The van der Waals surface area contributed by atoms with Crippen LogP contribution < -0.4 is 0 Å². The molecular formula is C12H15BrO3S. The third-order valence-corrected chi connectivity index (χ3v) is 5.07. The van der Waals surface area contributed by atoms with Crippen molar-refractivity contribution in [3.8, 4) is 0 Å². The van der Waals surface area contributed by atoms with Crippen LogP contribution in [-0.2, 0) is 21.3 Å². The molecule has 17 heavy (non-hydrogen) atoms. The van der Waals surface area contributed by atoms with E-state index in [-0.39, 0.29) is 11.7 Å². The first-order valence-electron chi connectivity index (χ1n) is 5.27. The Morgan fingerprint density at radius 1 is 1.41 bits per heavy atom. The number of aliphatic carboxylic acids is 1. The van der Waals surface area contributed by atoms with Gasteiger partial charge < -0.3 is 5.11 Å². The molecule has 0 aliphatic heterocycles. The van der Waals surface area contributed by atoms with Crippen LogP contribution in [0.2, 0.25) is 0 Å². The number of halogens is 1. The monoisotopic (exact) mass is 318 g/mol. The fourth-order valence-electron chi connectivity index (χ4n) is 1.56. The lowest BCUT2D eigenvalue weighted by atomic mass is 10.1. The second-order valence-electron chi connectivity index (χ2n) is 4.12. The van der Waals surface area contributed by atoms with Gasteiger partial charge in [0.1, 0.15) is 5.25 Å². The van der Waals surface area contributed by atoms with E-state index in [0.717, 1.165) is 10.0 Å². The summed E-state index contributed by atoms with van der Waals surface area (Å²) in [7, 11) is -1.41. The molecule has 1 aromatic rings. The van der Waals surface area contributed by atoms with Gasteiger partial charge in [-0.2, -0.15) is 0 Å². The molecule has 0 heterocycles. The highest BCUT2D eigenvalue weighted by atomic mass is 79.9. The molecule has 0 aliphatic rings. The average molecular weight is 319 g/mol. The highest BCUT2D eigenvalue weighted by Crippen LogP contribution is 2.20. The second-order valence-corrected chi connectivity index (χ2v) is 6.53. The minimum atomic E-state index is -1.41. The largest absolute Gasteiger partial charge is 0.480 e. The fraction of sp³-hybridized carbons (Fsp3) is 0.417. The molecule has 5 heteroatoms. The summed E-state index contributed by atoms with van der Waals surface area (Å²) >= 11 is 3.37. The van der Waals surface area contributed by atoms with E-state index >= 15 is 0 Å². The first-order valence-corrected chi connectivity index (χ1v) is 7.44. The molecule has 1 aromatic carbocycles. The third-order valence-electron chi connectivity index (χ3n) is 2.39. The lowest BCUT2D eigenvalue weighted by Gasteiger charge is -2.16. The first kappa shape index (κ1) is 14.4. The molecule has 0 spiro atoms. The smallest absolute Gasteiger partial charge is 0.319 e. The molecule has 0 fully saturated rings. The van der Waals surface area contributed by atoms with Crippen LogP contribution in [0.3, 0.4) is 0 Å². The van der Waals surface area contributed by atoms with E-state index in [9.17, 15) is 9.00 Å². The van der Waals surface area contributed by atoms with Crippen LogP contribution in [0.1, 0.15) is 19.4 Å². The molecule has 0 bridgehead atoms. The van der Waals surface area contributed by atoms with Gasteiger partial charge >= 0.3 is 5.97 Å². The highest BCUT2D eigenvalue weighted by Gasteiger charge is 2.28. The van der Waals surface area contributed by atoms with Crippen molar-refractivity contribution in [3.63, 3.8) is 0 Å². The summed E-state index contributed by atoms with van der Waals surface area (Å²) < 4.78 is 12.9. The lowest BCUT2D eigenvalue weighted by Crippen LogP contribution is -2.31. The summed E-state index contributed by atoms with van der Waals surface area (Å²) in [6.07, 6.45) is 0. The predicted molar refractivity (Wildman–Crippen MR) is 72.3 cm³/mol. The minimum Gasteiger partial charge on any atom is -0.480 e. The number of carbonyl (C=O) groups is 1. The number of hydrogen-bond acceptors (Lipinski definition) is 2. The number of hydrogen-bond donors (Lipinski definition) is 1. The summed E-state index contributed by atoms with van der Waals surface area (Å²) in [6.45, 7) is 3.55. The van der Waals surface area contributed by atoms with Crippen molar-refractivity contribution in [1.29, 1.82) is 0 Å². The van der Waals surface area contributed by atoms with Gasteiger partial charge in [0.25, 0.3) is 0 Å². The maximum atomic E-state index is 12.1. The quantitative estimate of drug-likeness (QED) is 0.908. The molecule has 94 valence electrons. The van der Waals surface area contributed by atoms with Crippen LogP contribution in [0.5, 0.6) is 0 Å². The molecule has 1 rings (SSSR count). The summed E-state index contributed by atoms with van der Waals surface area (Å²) in [5.41, 5.74) is 0.873. The third kappa shape index (κ3) is 3.92. The maximum Gasteiger partial charge on any atom is 0.319 e. The normalized spacial score (nSPS) is 14.6. The molecule has 0 aliphatic carbocycles. The Morgan fingerprint density at radius 2 is 2.00 bits per heavy atom. The SMILES string of the molecule is CC(C)C(C(=O)O)S(=O)Cc1ccccc1Br. The van der Waals surface area contributed by atoms with E-state index in [0.29, 0.717) is 0 Å². The zero-order valence-electron chi connectivity index (χ0n) is 9.72. The molecule has 0 amide bonds. The van der Waals surface area contributed by atoms with Crippen LogP contribution in [0, 0.1) is 5.92 Å². The van der Waals surface area contributed by atoms with Gasteiger partial charge in [0.2, 0.25) is 0 Å². The molecule has 3 nitrogen and oxygen atoms in total. The Morgan fingerprint density at radius 3 is 2.47 bits per heavy atom. The van der Waals surface area contributed by atoms with Gasteiger partial charge in [0.05, 0.1) is 5.75 Å². The van der Waals surface area contributed by atoms with E-state index in [1.54, 1.807) is 13.8 Å². The van der Waals surface area contributed by atoms with Crippen LogP contribution in [-0.4, -0.2) is 20.5 Å². The van der Waals surface area contributed by atoms with Gasteiger partial charge in [0, 0.05) is 15.3 Å². The lowest BCUT2D eigenvalue weighted by molar-refractivity contribution is -0.137. The van der Waals surface area contributed by atoms with Gasteiger partial charge in [-0.3, -0.25) is 9.00 Å². The second kappa shape index (κ2) is 6.31. The Labute approximate surface area is 112 Å². The van der Waals surface area contributed by atoms with Crippen LogP contribution in [0.4, 0.5) is 0 Å². The van der Waals surface area contributed by atoms with Gasteiger partial charge in [0.15, 0.2) is 0 Å². The Balaban J connectivity index is 2.85. The topological polar surface area (TPSA) is 54.4 Å². The number of rotatable bonds is 5. The molecule has 0 saturated heterocycles. The zero-order valence-corrected chi connectivity index (χ0v) is 12.1. The fourth-order valence-corrected chi connectivity index (χ4v) is 3.74. The van der Waals surface area contributed by atoms with Gasteiger partial charge in [-0.25, -0.2) is 0 Å². The van der Waals surface area contributed by atoms with Crippen molar-refractivity contribution >= 4 is 32.7 Å².